The van der Waals surface area contributed by atoms with Gasteiger partial charge in [-0.1, -0.05) is 12.1 Å². The van der Waals surface area contributed by atoms with Crippen molar-refractivity contribution in [3.05, 3.63) is 60.3 Å². The largest absolute Gasteiger partial charge is 0.370 e. The van der Waals surface area contributed by atoms with Crippen LogP contribution in [-0.2, 0) is 14.5 Å². The zero-order valence-electron chi connectivity index (χ0n) is 22.9. The number of alkyl halides is 2. The zero-order valence-corrected chi connectivity index (χ0v) is 23.8. The summed E-state index contributed by atoms with van der Waals surface area (Å²) in [6, 6.07) is 12.4. The summed E-state index contributed by atoms with van der Waals surface area (Å²) in [6.07, 6.45) is 3.13. The number of rotatable bonds is 7. The maximum atomic E-state index is 14.9. The van der Waals surface area contributed by atoms with Gasteiger partial charge >= 0.3 is 0 Å². The minimum Gasteiger partial charge on any atom is -0.370 e. The van der Waals surface area contributed by atoms with Crippen LogP contribution in [0.2, 0.25) is 0 Å². The molecule has 2 aromatic heterocycles. The van der Waals surface area contributed by atoms with Crippen LogP contribution in [0, 0.1) is 33.3 Å². The van der Waals surface area contributed by atoms with Crippen LogP contribution < -0.4 is 4.90 Å². The molecule has 220 valence electrons. The van der Waals surface area contributed by atoms with Gasteiger partial charge in [0.1, 0.15) is 11.6 Å². The van der Waals surface area contributed by atoms with Crippen LogP contribution in [-0.4, -0.2) is 55.3 Å². The third-order valence-corrected chi connectivity index (χ3v) is 10.5. The Labute approximate surface area is 242 Å². The molecule has 0 amide bonds. The van der Waals surface area contributed by atoms with Crippen molar-refractivity contribution in [2.75, 3.05) is 29.5 Å². The Bertz CT molecular complexity index is 1630. The summed E-state index contributed by atoms with van der Waals surface area (Å²) < 4.78 is 64.8. The van der Waals surface area contributed by atoms with Crippen molar-refractivity contribution in [3.63, 3.8) is 0 Å². The quantitative estimate of drug-likeness (QED) is 0.373. The second kappa shape index (κ2) is 10.5. The number of hydrogen-bond acceptors (Lipinski definition) is 7. The number of nitrogens with zero attached hydrogens (tertiary/aromatic N) is 5. The molecule has 3 aromatic rings. The van der Waals surface area contributed by atoms with Crippen molar-refractivity contribution in [3.8, 4) is 23.0 Å². The van der Waals surface area contributed by atoms with Crippen molar-refractivity contribution in [1.82, 2.24) is 14.8 Å². The molecule has 12 heteroatoms. The summed E-state index contributed by atoms with van der Waals surface area (Å²) >= 11 is 0. The van der Waals surface area contributed by atoms with E-state index in [1.54, 1.807) is 6.20 Å². The number of aromatic nitrogens is 3. The van der Waals surface area contributed by atoms with E-state index in [9.17, 15) is 27.4 Å². The summed E-state index contributed by atoms with van der Waals surface area (Å²) in [4.78, 5) is 19.7. The molecule has 0 bridgehead atoms. The second-order valence-electron chi connectivity index (χ2n) is 11.8. The topological polar surface area (TPSA) is 116 Å². The van der Waals surface area contributed by atoms with E-state index in [0.717, 1.165) is 11.9 Å². The summed E-state index contributed by atoms with van der Waals surface area (Å²) in [5.41, 5.74) is 1.84. The van der Waals surface area contributed by atoms with Gasteiger partial charge in [0.05, 0.1) is 23.4 Å². The summed E-state index contributed by atoms with van der Waals surface area (Å²) in [5.74, 6) is -4.35. The smallest absolute Gasteiger partial charge is 0.248 e. The predicted molar refractivity (Wildman–Crippen MR) is 151 cm³/mol. The van der Waals surface area contributed by atoms with Crippen molar-refractivity contribution in [1.29, 1.82) is 10.0 Å². The van der Waals surface area contributed by atoms with Crippen LogP contribution in [0.4, 0.5) is 18.9 Å². The van der Waals surface area contributed by atoms with E-state index in [-0.39, 0.29) is 18.6 Å². The van der Waals surface area contributed by atoms with Gasteiger partial charge in [0.15, 0.2) is 5.82 Å². The molecule has 3 fully saturated rings. The van der Waals surface area contributed by atoms with Crippen LogP contribution in [0.15, 0.2) is 48.8 Å². The lowest BCUT2D eigenvalue weighted by atomic mass is 9.71. The fourth-order valence-corrected chi connectivity index (χ4v) is 7.33. The van der Waals surface area contributed by atoms with Crippen LogP contribution in [0.25, 0.3) is 16.9 Å². The zero-order chi connectivity index (χ0) is 29.7. The van der Waals surface area contributed by atoms with Crippen LogP contribution in [0.1, 0.15) is 50.1 Å². The third-order valence-electron chi connectivity index (χ3n) is 8.81. The molecule has 1 N–H and O–H groups in total. The first-order valence-corrected chi connectivity index (χ1v) is 16.0. The molecule has 0 unspecified atom stereocenters. The van der Waals surface area contributed by atoms with Crippen molar-refractivity contribution >= 4 is 21.2 Å². The number of pyridine rings is 1. The Kier molecular flexibility index (Phi) is 7.12. The average Bonchev–Trinajstić information content (AvgIpc) is 3.59. The third kappa shape index (κ3) is 5.79. The minimum absolute atomic E-state index is 0.00615. The van der Waals surface area contributed by atoms with Gasteiger partial charge in [0, 0.05) is 82.9 Å². The Morgan fingerprint density at radius 3 is 2.45 bits per heavy atom. The van der Waals surface area contributed by atoms with Gasteiger partial charge in [-0.15, -0.1) is 0 Å². The number of nitriles is 1. The molecule has 42 heavy (non-hydrogen) atoms. The number of hydrogen-bond donors (Lipinski definition) is 1. The SMILES string of the molecule is N#CC1(CC(=O)[C@@H]2CCC(F)(F)C[C@H]2c2nn(-c3ccc(F)cn3)cc2-c2ccc(N3CCS(=N)(=O)CC3)cc2)CC1. The molecule has 6 rings (SSSR count). The monoisotopic (exact) mass is 596 g/mol. The lowest BCUT2D eigenvalue weighted by Crippen LogP contribution is -2.39. The van der Waals surface area contributed by atoms with E-state index in [1.807, 2.05) is 24.3 Å². The van der Waals surface area contributed by atoms with Crippen LogP contribution in [0.3, 0.4) is 0 Å². The highest BCUT2D eigenvalue weighted by atomic mass is 32.2. The fourth-order valence-electron chi connectivity index (χ4n) is 6.09. The maximum Gasteiger partial charge on any atom is 0.248 e. The highest BCUT2D eigenvalue weighted by Crippen LogP contribution is 2.52. The van der Waals surface area contributed by atoms with Crippen molar-refractivity contribution in [2.24, 2.45) is 11.3 Å². The van der Waals surface area contributed by atoms with Gasteiger partial charge in [-0.05, 0) is 49.1 Å². The number of carbonyl (C=O) groups excluding carboxylic acids is 1. The second-order valence-corrected chi connectivity index (χ2v) is 14.2. The van der Waals surface area contributed by atoms with Gasteiger partial charge in [-0.25, -0.2) is 27.0 Å². The molecule has 1 aliphatic heterocycles. The number of anilines is 1. The van der Waals surface area contributed by atoms with Gasteiger partial charge in [0.2, 0.25) is 5.92 Å². The first kappa shape index (κ1) is 28.4. The number of benzene rings is 1. The Morgan fingerprint density at radius 1 is 1.12 bits per heavy atom. The normalized spacial score (nSPS) is 24.1. The van der Waals surface area contributed by atoms with E-state index in [4.69, 9.17) is 4.78 Å². The van der Waals surface area contributed by atoms with E-state index < -0.39 is 51.6 Å². The van der Waals surface area contributed by atoms with Crippen LogP contribution in [0.5, 0.6) is 0 Å². The molecule has 8 nitrogen and oxygen atoms in total. The van der Waals surface area contributed by atoms with E-state index in [1.165, 1.54) is 16.8 Å². The summed E-state index contributed by atoms with van der Waals surface area (Å²) in [6.45, 7) is 1.01. The molecule has 0 radical (unpaired) electrons. The molecule has 3 heterocycles. The summed E-state index contributed by atoms with van der Waals surface area (Å²) in [5, 5.41) is 14.2. The van der Waals surface area contributed by atoms with Gasteiger partial charge in [-0.3, -0.25) is 9.57 Å². The van der Waals surface area contributed by atoms with E-state index in [0.29, 0.717) is 60.1 Å². The Hall–Kier alpha value is -3.72. The highest BCUT2D eigenvalue weighted by Gasteiger charge is 2.50. The standard InChI is InChI=1S/C30H31F3N6O2S/c31-21-3-6-27(36-17-21)39-18-25(20-1-4-22(5-2-20)38-11-13-42(35,41)14-12-38)28(37-39)24-15-30(32,33)8-7-23(24)26(40)16-29(19-34)9-10-29/h1-6,17-18,23-24,35H,7-16H2/t23-,24-/m1/s1. The molecule has 0 spiro atoms. The minimum atomic E-state index is -2.97. The number of carbonyl (C=O) groups is 1. The van der Waals surface area contributed by atoms with Crippen LogP contribution >= 0.6 is 0 Å². The molecular weight excluding hydrogens is 565 g/mol. The molecular formula is C30H31F3N6O2S. The van der Waals surface area contributed by atoms with Gasteiger partial charge in [0.25, 0.3) is 0 Å². The number of halogens is 3. The Balaban J connectivity index is 1.38. The number of nitrogens with one attached hydrogen (secondary N) is 1. The molecule has 2 atom stereocenters. The summed E-state index contributed by atoms with van der Waals surface area (Å²) in [7, 11) is -2.54. The Morgan fingerprint density at radius 2 is 1.83 bits per heavy atom. The first-order chi connectivity index (χ1) is 20.0. The molecule has 2 aliphatic carbocycles. The molecule has 1 aromatic carbocycles. The number of ketones is 1. The van der Waals surface area contributed by atoms with Gasteiger partial charge < -0.3 is 4.90 Å². The molecule has 1 saturated heterocycles. The molecule has 2 saturated carbocycles. The predicted octanol–water partition coefficient (Wildman–Crippen LogP) is 5.72. The van der Waals surface area contributed by atoms with Crippen molar-refractivity contribution in [2.45, 2.75) is 50.4 Å². The maximum absolute atomic E-state index is 14.9. The number of Topliss-reactive ketones (excluding diaryl/α,β-unsaturated/α-hetero) is 1. The first-order valence-electron chi connectivity index (χ1n) is 14.1. The van der Waals surface area contributed by atoms with Gasteiger partial charge in [-0.2, -0.15) is 10.4 Å². The molecule has 3 aliphatic rings. The van der Waals surface area contributed by atoms with Crippen molar-refractivity contribution < 1.29 is 22.2 Å². The highest BCUT2D eigenvalue weighted by molar-refractivity contribution is 7.92. The van der Waals surface area contributed by atoms with E-state index in [2.05, 4.69) is 21.1 Å². The fraction of sp³-hybridized carbons (Fsp3) is 0.467. The lowest BCUT2D eigenvalue weighted by Gasteiger charge is -2.35. The average molecular weight is 597 g/mol. The van der Waals surface area contributed by atoms with E-state index >= 15 is 0 Å². The lowest BCUT2D eigenvalue weighted by molar-refractivity contribution is -0.129.